The summed E-state index contributed by atoms with van der Waals surface area (Å²) >= 11 is 0. The molecule has 0 bridgehead atoms. The smallest absolute Gasteiger partial charge is 0.0774 e. The summed E-state index contributed by atoms with van der Waals surface area (Å²) in [7, 11) is 0. The summed E-state index contributed by atoms with van der Waals surface area (Å²) in [5.74, 6) is 0. The van der Waals surface area contributed by atoms with Crippen LogP contribution in [0.4, 0.5) is 0 Å². The molecule has 0 spiro atoms. The van der Waals surface area contributed by atoms with Crippen LogP contribution in [-0.4, -0.2) is 18.8 Å². The zero-order valence-electron chi connectivity index (χ0n) is 7.76. The van der Waals surface area contributed by atoms with Gasteiger partial charge >= 0.3 is 0 Å². The highest BCUT2D eigenvalue weighted by atomic mass is 16.5. The van der Waals surface area contributed by atoms with Gasteiger partial charge in [-0.15, -0.1) is 0 Å². The van der Waals surface area contributed by atoms with Crippen LogP contribution in [0.2, 0.25) is 0 Å². The maximum atomic E-state index is 5.94. The monoisotopic (exact) mass is 157 g/mol. The highest BCUT2D eigenvalue weighted by Crippen LogP contribution is 2.28. The van der Waals surface area contributed by atoms with Crippen molar-refractivity contribution in [3.63, 3.8) is 0 Å². The zero-order chi connectivity index (χ0) is 8.48. The molecule has 0 saturated carbocycles. The molecular weight excluding hydrogens is 138 g/mol. The van der Waals surface area contributed by atoms with Crippen molar-refractivity contribution in [3.8, 4) is 0 Å². The number of hydrogen-bond acceptors (Lipinski definition) is 2. The van der Waals surface area contributed by atoms with E-state index in [4.69, 9.17) is 10.5 Å². The fourth-order valence-electron chi connectivity index (χ4n) is 1.70. The Labute approximate surface area is 69.1 Å². The molecule has 0 aliphatic carbocycles. The third kappa shape index (κ3) is 2.17. The van der Waals surface area contributed by atoms with Gasteiger partial charge in [0.15, 0.2) is 0 Å². The van der Waals surface area contributed by atoms with Crippen LogP contribution >= 0.6 is 0 Å². The molecule has 1 aliphatic rings. The lowest BCUT2D eigenvalue weighted by atomic mass is 9.82. The van der Waals surface area contributed by atoms with Crippen LogP contribution in [0.3, 0.4) is 0 Å². The molecule has 2 N–H and O–H groups in total. The van der Waals surface area contributed by atoms with E-state index in [0.29, 0.717) is 0 Å². The molecule has 1 heterocycles. The van der Waals surface area contributed by atoms with Crippen molar-refractivity contribution in [3.05, 3.63) is 0 Å². The summed E-state index contributed by atoms with van der Waals surface area (Å²) in [6, 6.07) is 0.240. The molecule has 2 atom stereocenters. The summed E-state index contributed by atoms with van der Waals surface area (Å²) in [4.78, 5) is 0. The minimum absolute atomic E-state index is 0.194. The van der Waals surface area contributed by atoms with Crippen LogP contribution in [0.15, 0.2) is 0 Å². The standard InChI is InChI=1S/C9H19NO/c1-9(2,3)8-7(10)5-4-6-11-8/h7-8H,4-6,10H2,1-3H3/t7-,8?/m0/s1. The maximum Gasteiger partial charge on any atom is 0.0774 e. The third-order valence-electron chi connectivity index (χ3n) is 2.22. The summed E-state index contributed by atoms with van der Waals surface area (Å²) in [6.07, 6.45) is 2.48. The Kier molecular flexibility index (Phi) is 2.55. The predicted molar refractivity (Wildman–Crippen MR) is 46.4 cm³/mol. The van der Waals surface area contributed by atoms with Gasteiger partial charge in [-0.3, -0.25) is 0 Å². The number of nitrogens with two attached hydrogens (primary N) is 1. The summed E-state index contributed by atoms with van der Waals surface area (Å²) < 4.78 is 5.63. The lowest BCUT2D eigenvalue weighted by Gasteiger charge is -2.38. The van der Waals surface area contributed by atoms with E-state index in [-0.39, 0.29) is 17.6 Å². The van der Waals surface area contributed by atoms with Crippen molar-refractivity contribution >= 4 is 0 Å². The van der Waals surface area contributed by atoms with E-state index in [2.05, 4.69) is 20.8 Å². The molecule has 11 heavy (non-hydrogen) atoms. The second-order valence-corrected chi connectivity index (χ2v) is 4.46. The molecule has 0 aromatic carbocycles. The number of hydrogen-bond donors (Lipinski definition) is 1. The molecule has 2 nitrogen and oxygen atoms in total. The molecule has 66 valence electrons. The molecule has 1 aliphatic heterocycles. The van der Waals surface area contributed by atoms with Gasteiger partial charge in [0.05, 0.1) is 6.10 Å². The zero-order valence-corrected chi connectivity index (χ0v) is 7.76. The second kappa shape index (κ2) is 3.11. The second-order valence-electron chi connectivity index (χ2n) is 4.46. The first kappa shape index (κ1) is 9.01. The van der Waals surface area contributed by atoms with Crippen LogP contribution < -0.4 is 5.73 Å². The Morgan fingerprint density at radius 3 is 2.36 bits per heavy atom. The van der Waals surface area contributed by atoms with Gasteiger partial charge in [-0.25, -0.2) is 0 Å². The van der Waals surface area contributed by atoms with Gasteiger partial charge in [-0.1, -0.05) is 20.8 Å². The van der Waals surface area contributed by atoms with E-state index in [0.717, 1.165) is 19.4 Å². The molecule has 0 aromatic heterocycles. The van der Waals surface area contributed by atoms with Gasteiger partial charge in [0.2, 0.25) is 0 Å². The minimum atomic E-state index is 0.194. The van der Waals surface area contributed by atoms with Gasteiger partial charge < -0.3 is 10.5 Å². The summed E-state index contributed by atoms with van der Waals surface area (Å²) in [6.45, 7) is 7.43. The topological polar surface area (TPSA) is 35.2 Å². The largest absolute Gasteiger partial charge is 0.376 e. The Bertz CT molecular complexity index is 128. The predicted octanol–water partition coefficient (Wildman–Crippen LogP) is 1.54. The Hall–Kier alpha value is -0.0800. The molecule has 1 saturated heterocycles. The molecular formula is C9H19NO. The van der Waals surface area contributed by atoms with Gasteiger partial charge in [-0.05, 0) is 18.3 Å². The molecule has 1 unspecified atom stereocenters. The quantitative estimate of drug-likeness (QED) is 0.579. The van der Waals surface area contributed by atoms with Crippen molar-refractivity contribution < 1.29 is 4.74 Å². The summed E-state index contributed by atoms with van der Waals surface area (Å²) in [5.41, 5.74) is 6.13. The van der Waals surface area contributed by atoms with E-state index in [1.165, 1.54) is 0 Å². The van der Waals surface area contributed by atoms with Crippen LogP contribution in [0.25, 0.3) is 0 Å². The van der Waals surface area contributed by atoms with E-state index in [9.17, 15) is 0 Å². The first-order valence-corrected chi connectivity index (χ1v) is 4.39. The van der Waals surface area contributed by atoms with Crippen molar-refractivity contribution in [2.45, 2.75) is 45.8 Å². The van der Waals surface area contributed by atoms with E-state index >= 15 is 0 Å². The maximum absolute atomic E-state index is 5.94. The van der Waals surface area contributed by atoms with Crippen molar-refractivity contribution in [2.24, 2.45) is 11.1 Å². The number of rotatable bonds is 0. The molecule has 2 heteroatoms. The molecule has 0 radical (unpaired) electrons. The molecule has 0 amide bonds. The molecule has 1 rings (SSSR count). The average molecular weight is 157 g/mol. The SMILES string of the molecule is CC(C)(C)C1OCCC[C@@H]1N. The Morgan fingerprint density at radius 1 is 1.36 bits per heavy atom. The Balaban J connectivity index is 2.55. The van der Waals surface area contributed by atoms with Crippen LogP contribution in [0.1, 0.15) is 33.6 Å². The molecule has 1 fully saturated rings. The normalized spacial score (nSPS) is 33.8. The lowest BCUT2D eigenvalue weighted by Crippen LogP contribution is -2.48. The van der Waals surface area contributed by atoms with Crippen molar-refractivity contribution in [1.82, 2.24) is 0 Å². The first-order valence-electron chi connectivity index (χ1n) is 4.39. The highest BCUT2D eigenvalue weighted by molar-refractivity contribution is 4.86. The fraction of sp³-hybridized carbons (Fsp3) is 1.00. The Morgan fingerprint density at radius 2 is 2.00 bits per heavy atom. The van der Waals surface area contributed by atoms with Crippen molar-refractivity contribution in [1.29, 1.82) is 0 Å². The minimum Gasteiger partial charge on any atom is -0.376 e. The van der Waals surface area contributed by atoms with Gasteiger partial charge in [0.1, 0.15) is 0 Å². The van der Waals surface area contributed by atoms with Crippen LogP contribution in [0.5, 0.6) is 0 Å². The lowest BCUT2D eigenvalue weighted by molar-refractivity contribution is -0.0600. The summed E-state index contributed by atoms with van der Waals surface area (Å²) in [5, 5.41) is 0. The van der Waals surface area contributed by atoms with E-state index in [1.54, 1.807) is 0 Å². The van der Waals surface area contributed by atoms with Gasteiger partial charge in [0, 0.05) is 12.6 Å². The number of ether oxygens (including phenoxy) is 1. The van der Waals surface area contributed by atoms with Gasteiger partial charge in [-0.2, -0.15) is 0 Å². The fourth-order valence-corrected chi connectivity index (χ4v) is 1.70. The van der Waals surface area contributed by atoms with Crippen LogP contribution in [0, 0.1) is 5.41 Å². The molecule has 0 aromatic rings. The first-order chi connectivity index (χ1) is 5.02. The van der Waals surface area contributed by atoms with Crippen molar-refractivity contribution in [2.75, 3.05) is 6.61 Å². The third-order valence-corrected chi connectivity index (χ3v) is 2.22. The van der Waals surface area contributed by atoms with E-state index in [1.807, 2.05) is 0 Å². The van der Waals surface area contributed by atoms with E-state index < -0.39 is 0 Å². The highest BCUT2D eigenvalue weighted by Gasteiger charge is 2.32. The van der Waals surface area contributed by atoms with Crippen LogP contribution in [-0.2, 0) is 4.74 Å². The average Bonchev–Trinajstić information content (AvgIpc) is 1.86. The van der Waals surface area contributed by atoms with Gasteiger partial charge in [0.25, 0.3) is 0 Å².